The number of amides is 2. The van der Waals surface area contributed by atoms with Crippen molar-refractivity contribution in [3.8, 4) is 0 Å². The molecule has 2 aliphatic heterocycles. The van der Waals surface area contributed by atoms with E-state index < -0.39 is 0 Å². The van der Waals surface area contributed by atoms with Crippen LogP contribution < -0.4 is 0 Å². The van der Waals surface area contributed by atoms with E-state index in [-0.39, 0.29) is 23.1 Å². The lowest BCUT2D eigenvalue weighted by atomic mass is 9.72. The Balaban J connectivity index is 1.28. The van der Waals surface area contributed by atoms with Crippen molar-refractivity contribution in [1.29, 1.82) is 0 Å². The van der Waals surface area contributed by atoms with Crippen LogP contribution in [0.2, 0.25) is 5.02 Å². The van der Waals surface area contributed by atoms with Gasteiger partial charge in [-0.1, -0.05) is 48.0 Å². The molecule has 1 aliphatic carbocycles. The molecule has 2 heterocycles. The molecule has 3 aliphatic rings. The summed E-state index contributed by atoms with van der Waals surface area (Å²) in [5, 5.41) is 0.726. The quantitative estimate of drug-likeness (QED) is 0.702. The molecule has 2 aromatic rings. The van der Waals surface area contributed by atoms with Crippen molar-refractivity contribution >= 4 is 23.4 Å². The van der Waals surface area contributed by atoms with Gasteiger partial charge in [0, 0.05) is 37.1 Å². The zero-order valence-electron chi connectivity index (χ0n) is 18.0. The first-order chi connectivity index (χ1) is 15.0. The van der Waals surface area contributed by atoms with Crippen molar-refractivity contribution in [2.45, 2.75) is 45.1 Å². The Morgan fingerprint density at radius 3 is 2.42 bits per heavy atom. The smallest absolute Gasteiger partial charge is 0.229 e. The Morgan fingerprint density at radius 2 is 1.74 bits per heavy atom. The molecule has 5 heteroatoms. The molecular formula is C26H29ClN2O2. The van der Waals surface area contributed by atoms with Crippen molar-refractivity contribution in [2.24, 2.45) is 11.3 Å². The minimum atomic E-state index is -0.376. The van der Waals surface area contributed by atoms with Crippen molar-refractivity contribution in [1.82, 2.24) is 9.80 Å². The molecule has 4 nitrogen and oxygen atoms in total. The van der Waals surface area contributed by atoms with E-state index in [2.05, 4.69) is 31.2 Å². The fraction of sp³-hybridized carbons (Fsp3) is 0.462. The summed E-state index contributed by atoms with van der Waals surface area (Å²) in [7, 11) is 0. The molecule has 0 N–H and O–H groups in total. The van der Waals surface area contributed by atoms with Gasteiger partial charge < -0.3 is 9.80 Å². The van der Waals surface area contributed by atoms with Crippen LogP contribution in [0.15, 0.2) is 48.5 Å². The van der Waals surface area contributed by atoms with Gasteiger partial charge in [-0.25, -0.2) is 0 Å². The van der Waals surface area contributed by atoms with E-state index in [1.54, 1.807) is 0 Å². The number of nitrogens with zero attached hydrogens (tertiary/aromatic N) is 2. The fourth-order valence-corrected chi connectivity index (χ4v) is 5.65. The van der Waals surface area contributed by atoms with Gasteiger partial charge in [0.15, 0.2) is 0 Å². The first kappa shape index (κ1) is 20.6. The van der Waals surface area contributed by atoms with Crippen LogP contribution in [0.3, 0.4) is 0 Å². The van der Waals surface area contributed by atoms with Crippen LogP contribution in [0.25, 0.3) is 0 Å². The molecular weight excluding hydrogens is 408 g/mol. The van der Waals surface area contributed by atoms with E-state index in [1.807, 2.05) is 34.1 Å². The maximum atomic E-state index is 13.5. The summed E-state index contributed by atoms with van der Waals surface area (Å²) in [6.45, 7) is 4.83. The van der Waals surface area contributed by atoms with Crippen LogP contribution in [0.1, 0.15) is 48.8 Å². The molecule has 1 spiro atoms. The summed E-state index contributed by atoms with van der Waals surface area (Å²) in [5.41, 5.74) is 3.37. The fourth-order valence-electron chi connectivity index (χ4n) is 5.52. The molecule has 0 bridgehead atoms. The number of rotatable bonds is 3. The van der Waals surface area contributed by atoms with Gasteiger partial charge in [-0.05, 0) is 67.3 Å². The van der Waals surface area contributed by atoms with Crippen LogP contribution in [0.5, 0.6) is 0 Å². The topological polar surface area (TPSA) is 40.6 Å². The van der Waals surface area contributed by atoms with E-state index >= 15 is 0 Å². The highest BCUT2D eigenvalue weighted by Crippen LogP contribution is 2.49. The summed E-state index contributed by atoms with van der Waals surface area (Å²) < 4.78 is 0. The lowest BCUT2D eigenvalue weighted by Gasteiger charge is -2.42. The number of likely N-dealkylation sites (tertiary alicyclic amines) is 1. The van der Waals surface area contributed by atoms with Crippen molar-refractivity contribution in [3.63, 3.8) is 0 Å². The molecule has 162 valence electrons. The van der Waals surface area contributed by atoms with Gasteiger partial charge >= 0.3 is 0 Å². The summed E-state index contributed by atoms with van der Waals surface area (Å²) in [6, 6.07) is 16.3. The van der Waals surface area contributed by atoms with E-state index in [0.29, 0.717) is 25.6 Å². The Kier molecular flexibility index (Phi) is 5.29. The third-order valence-electron chi connectivity index (χ3n) is 7.57. The molecule has 0 radical (unpaired) electrons. The summed E-state index contributed by atoms with van der Waals surface area (Å²) in [6.07, 6.45) is 3.21. The average molecular weight is 437 g/mol. The number of hydrogen-bond acceptors (Lipinski definition) is 2. The monoisotopic (exact) mass is 436 g/mol. The van der Waals surface area contributed by atoms with Gasteiger partial charge in [-0.2, -0.15) is 0 Å². The van der Waals surface area contributed by atoms with Gasteiger partial charge in [0.05, 0.1) is 5.41 Å². The van der Waals surface area contributed by atoms with Gasteiger partial charge in [0.1, 0.15) is 0 Å². The third kappa shape index (κ3) is 3.76. The molecule has 1 saturated heterocycles. The number of fused-ring (bicyclic) bond motifs is 1. The zero-order chi connectivity index (χ0) is 21.6. The van der Waals surface area contributed by atoms with Crippen molar-refractivity contribution in [2.75, 3.05) is 19.6 Å². The van der Waals surface area contributed by atoms with Crippen LogP contribution in [-0.4, -0.2) is 41.2 Å². The molecule has 0 unspecified atom stereocenters. The highest BCUT2D eigenvalue weighted by atomic mass is 35.5. The maximum Gasteiger partial charge on any atom is 0.229 e. The summed E-state index contributed by atoms with van der Waals surface area (Å²) in [4.78, 5) is 30.7. The Hall–Kier alpha value is -2.33. The standard InChI is InChI=1S/C26H29ClN2O2/c1-2-28-17-20-6-4-3-5-19(20)16-26(25(28)31)11-13-29(14-12-26)24(30)23-15-22(23)18-7-9-21(27)10-8-18/h3-10,22-23H,2,11-17H2,1H3/t22-,23-/m0/s1. The first-order valence-corrected chi connectivity index (χ1v) is 11.8. The van der Waals surface area contributed by atoms with Gasteiger partial charge in [0.25, 0.3) is 0 Å². The van der Waals surface area contributed by atoms with Crippen molar-refractivity contribution < 1.29 is 9.59 Å². The van der Waals surface area contributed by atoms with Crippen LogP contribution in [0.4, 0.5) is 0 Å². The first-order valence-electron chi connectivity index (χ1n) is 11.4. The molecule has 1 saturated carbocycles. The zero-order valence-corrected chi connectivity index (χ0v) is 18.8. The van der Waals surface area contributed by atoms with Crippen LogP contribution in [-0.2, 0) is 22.6 Å². The van der Waals surface area contributed by atoms with Crippen LogP contribution >= 0.6 is 11.6 Å². The minimum absolute atomic E-state index is 0.0768. The molecule has 2 aromatic carbocycles. The molecule has 2 atom stereocenters. The molecule has 5 rings (SSSR count). The normalized spacial score (nSPS) is 24.6. The second-order valence-electron chi connectivity index (χ2n) is 9.37. The van der Waals surface area contributed by atoms with E-state index in [4.69, 9.17) is 11.6 Å². The highest BCUT2D eigenvalue weighted by molar-refractivity contribution is 6.30. The molecule has 31 heavy (non-hydrogen) atoms. The minimum Gasteiger partial charge on any atom is -0.342 e. The third-order valence-corrected chi connectivity index (χ3v) is 7.82. The summed E-state index contributed by atoms with van der Waals surface area (Å²) in [5.74, 6) is 0.905. The Morgan fingerprint density at radius 1 is 1.06 bits per heavy atom. The Bertz CT molecular complexity index is 995. The number of hydrogen-bond donors (Lipinski definition) is 0. The second-order valence-corrected chi connectivity index (χ2v) is 9.81. The molecule has 2 amide bonds. The van der Waals surface area contributed by atoms with E-state index in [1.165, 1.54) is 16.7 Å². The number of carbonyl (C=O) groups is 2. The predicted molar refractivity (Wildman–Crippen MR) is 122 cm³/mol. The highest BCUT2D eigenvalue weighted by Gasteiger charge is 2.50. The SMILES string of the molecule is CCN1Cc2ccccc2CC2(CCN(C(=O)[C@H]3C[C@H]3c3ccc(Cl)cc3)CC2)C1=O. The number of halogens is 1. The predicted octanol–water partition coefficient (Wildman–Crippen LogP) is 4.66. The van der Waals surface area contributed by atoms with Gasteiger partial charge in [-0.15, -0.1) is 0 Å². The number of carbonyl (C=O) groups excluding carboxylic acids is 2. The number of benzene rings is 2. The molecule has 2 fully saturated rings. The van der Waals surface area contributed by atoms with E-state index in [9.17, 15) is 9.59 Å². The molecule has 0 aromatic heterocycles. The average Bonchev–Trinajstić information content (AvgIpc) is 3.60. The summed E-state index contributed by atoms with van der Waals surface area (Å²) >= 11 is 6.00. The number of piperidine rings is 1. The van der Waals surface area contributed by atoms with Crippen LogP contribution in [0, 0.1) is 11.3 Å². The maximum absolute atomic E-state index is 13.5. The van der Waals surface area contributed by atoms with Gasteiger partial charge in [0.2, 0.25) is 11.8 Å². The largest absolute Gasteiger partial charge is 0.342 e. The lowest BCUT2D eigenvalue weighted by molar-refractivity contribution is -0.148. The lowest BCUT2D eigenvalue weighted by Crippen LogP contribution is -2.51. The van der Waals surface area contributed by atoms with Gasteiger partial charge in [-0.3, -0.25) is 9.59 Å². The Labute approximate surface area is 189 Å². The van der Waals surface area contributed by atoms with E-state index in [0.717, 1.165) is 37.3 Å². The second kappa shape index (κ2) is 7.98. The van der Waals surface area contributed by atoms with Crippen molar-refractivity contribution in [3.05, 3.63) is 70.2 Å².